The Bertz CT molecular complexity index is 786. The lowest BCUT2D eigenvalue weighted by Crippen LogP contribution is -2.57. The van der Waals surface area contributed by atoms with E-state index in [0.29, 0.717) is 18.8 Å². The Labute approximate surface area is 117 Å². The van der Waals surface area contributed by atoms with Crippen LogP contribution in [0.4, 0.5) is 0 Å². The van der Waals surface area contributed by atoms with Gasteiger partial charge in [-0.3, -0.25) is 0 Å². The molecule has 0 amide bonds. The molecule has 0 aliphatic carbocycles. The fraction of sp³-hybridized carbons (Fsp3) is 0.333. The Balaban J connectivity index is 3.85. The minimum Gasteiger partial charge on any atom is -0.456 e. The van der Waals surface area contributed by atoms with Crippen molar-refractivity contribution in [3.8, 4) is 11.5 Å². The van der Waals surface area contributed by atoms with Crippen LogP contribution in [0.3, 0.4) is 0 Å². The summed E-state index contributed by atoms with van der Waals surface area (Å²) in [5, 5.41) is 0. The summed E-state index contributed by atoms with van der Waals surface area (Å²) in [7, 11) is -13.3. The molecule has 7 nitrogen and oxygen atoms in total. The van der Waals surface area contributed by atoms with Crippen molar-refractivity contribution in [1.29, 1.82) is 0 Å². The topological polar surface area (TPSA) is 116 Å². The lowest BCUT2D eigenvalue weighted by atomic mass is 10.5. The normalized spacial score (nSPS) is 13.6. The van der Waals surface area contributed by atoms with Crippen molar-refractivity contribution in [1.82, 2.24) is 0 Å². The molecule has 0 saturated carbocycles. The van der Waals surface area contributed by atoms with Gasteiger partial charge in [-0.15, -0.1) is 0 Å². The lowest BCUT2D eigenvalue weighted by molar-refractivity contribution is 0.554. The first-order chi connectivity index (χ1) is 8.83. The van der Waals surface area contributed by atoms with E-state index < -0.39 is 33.4 Å². The third-order valence-electron chi connectivity index (χ3n) is 2.32. The number of rotatable bonds is 3. The van der Waals surface area contributed by atoms with E-state index in [4.69, 9.17) is 4.42 Å². The largest absolute Gasteiger partial charge is 0.522 e. The molecule has 11 heteroatoms. The Hall–Kier alpha value is -1.09. The van der Waals surface area contributed by atoms with Gasteiger partial charge in [0.05, 0.1) is 6.26 Å². The molecule has 0 bridgehead atoms. The molecule has 0 saturated heterocycles. The van der Waals surface area contributed by atoms with Crippen molar-refractivity contribution in [3.05, 3.63) is 24.2 Å². The maximum absolute atomic E-state index is 11.9. The quantitative estimate of drug-likeness (QED) is 0.516. The maximum atomic E-state index is 11.9. The summed E-state index contributed by atoms with van der Waals surface area (Å²) in [4.78, 5) is 0. The standard InChI is InChI=1S/C9H12O7S3Si/c1-17(10,11)20(18(2,12)13,19(3,14)15)8-6-9-5-4-7-16-9/h4-5,7H,1-3H3. The summed E-state index contributed by atoms with van der Waals surface area (Å²) < 4.78 is 76.1. The number of hydrogen-bond acceptors (Lipinski definition) is 7. The lowest BCUT2D eigenvalue weighted by Gasteiger charge is -2.18. The van der Waals surface area contributed by atoms with Gasteiger partial charge in [0.2, 0.25) is 0 Å². The molecule has 0 aliphatic heterocycles. The van der Waals surface area contributed by atoms with E-state index in [-0.39, 0.29) is 5.76 Å². The molecule has 0 aliphatic rings. The maximum Gasteiger partial charge on any atom is 0.522 e. The fourth-order valence-electron chi connectivity index (χ4n) is 1.59. The van der Waals surface area contributed by atoms with Crippen LogP contribution >= 0.6 is 0 Å². The molecule has 1 rings (SSSR count). The van der Waals surface area contributed by atoms with Gasteiger partial charge in [-0.2, -0.15) is 0 Å². The van der Waals surface area contributed by atoms with Crippen LogP contribution in [0, 0.1) is 11.5 Å². The molecule has 0 unspecified atom stereocenters. The highest BCUT2D eigenvalue weighted by Crippen LogP contribution is 2.23. The van der Waals surface area contributed by atoms with Gasteiger partial charge < -0.3 is 4.42 Å². The zero-order valence-electron chi connectivity index (χ0n) is 10.8. The molecule has 1 aromatic rings. The van der Waals surface area contributed by atoms with Crippen LogP contribution in [-0.4, -0.2) is 49.5 Å². The van der Waals surface area contributed by atoms with E-state index >= 15 is 0 Å². The van der Waals surface area contributed by atoms with Gasteiger partial charge in [-0.1, -0.05) is 5.54 Å². The van der Waals surface area contributed by atoms with Crippen molar-refractivity contribution in [2.24, 2.45) is 0 Å². The molecule has 0 atom stereocenters. The van der Waals surface area contributed by atoms with Crippen molar-refractivity contribution >= 4 is 33.4 Å². The molecule has 0 aromatic carbocycles. The minimum absolute atomic E-state index is 0.0159. The van der Waals surface area contributed by atoms with Gasteiger partial charge in [0.15, 0.2) is 33.6 Å². The number of hydrogen-bond donors (Lipinski definition) is 0. The van der Waals surface area contributed by atoms with Crippen molar-refractivity contribution in [3.63, 3.8) is 0 Å². The smallest absolute Gasteiger partial charge is 0.456 e. The Morgan fingerprint density at radius 2 is 1.40 bits per heavy atom. The molecular formula is C9H12O7S3Si. The third-order valence-corrected chi connectivity index (χ3v) is 31.7. The predicted octanol–water partition coefficient (Wildman–Crippen LogP) is -0.757. The summed E-state index contributed by atoms with van der Waals surface area (Å²) in [5.74, 6) is 2.18. The van der Waals surface area contributed by atoms with Crippen LogP contribution in [0.25, 0.3) is 0 Å². The van der Waals surface area contributed by atoms with Crippen molar-refractivity contribution in [2.45, 2.75) is 0 Å². The molecule has 1 heterocycles. The Morgan fingerprint density at radius 1 is 0.950 bits per heavy atom. The second kappa shape index (κ2) is 5.03. The molecule has 112 valence electrons. The second-order valence-corrected chi connectivity index (χ2v) is 24.6. The zero-order valence-corrected chi connectivity index (χ0v) is 14.3. The molecule has 1 aromatic heterocycles. The SMILES string of the molecule is CS(=O)(=O)[Si](C#Cc1ccco1)(S(C)(=O)=O)S(C)(=O)=O. The highest BCUT2D eigenvalue weighted by molar-refractivity contribution is 8.74. The summed E-state index contributed by atoms with van der Waals surface area (Å²) >= 11 is 0. The average molecular weight is 356 g/mol. The highest BCUT2D eigenvalue weighted by Gasteiger charge is 2.64. The predicted molar refractivity (Wildman–Crippen MR) is 75.9 cm³/mol. The Morgan fingerprint density at radius 3 is 1.70 bits per heavy atom. The first-order valence-corrected chi connectivity index (χ1v) is 14.8. The molecule has 20 heavy (non-hydrogen) atoms. The monoisotopic (exact) mass is 356 g/mol. The van der Waals surface area contributed by atoms with Gasteiger partial charge in [0.25, 0.3) is 0 Å². The summed E-state index contributed by atoms with van der Waals surface area (Å²) in [6.45, 7) is 0. The van der Waals surface area contributed by atoms with E-state index in [2.05, 4.69) is 5.92 Å². The van der Waals surface area contributed by atoms with Gasteiger partial charge >= 0.3 is 5.52 Å². The van der Waals surface area contributed by atoms with E-state index in [9.17, 15) is 25.3 Å². The summed E-state index contributed by atoms with van der Waals surface area (Å²) in [5.41, 5.74) is -3.07. The minimum atomic E-state index is -5.06. The fourth-order valence-corrected chi connectivity index (χ4v) is 26.0. The van der Waals surface area contributed by atoms with Crippen LogP contribution < -0.4 is 0 Å². The molecule has 0 fully saturated rings. The van der Waals surface area contributed by atoms with Crippen LogP contribution in [-0.2, 0) is 27.9 Å². The van der Waals surface area contributed by atoms with E-state index in [1.54, 1.807) is 0 Å². The highest BCUT2D eigenvalue weighted by atomic mass is 32.8. The molecular weight excluding hydrogens is 344 g/mol. The zero-order chi connectivity index (χ0) is 15.8. The van der Waals surface area contributed by atoms with Crippen LogP contribution in [0.2, 0.25) is 0 Å². The van der Waals surface area contributed by atoms with E-state index in [1.807, 2.05) is 5.54 Å². The Kier molecular flexibility index (Phi) is 4.26. The van der Waals surface area contributed by atoms with Crippen LogP contribution in [0.5, 0.6) is 0 Å². The van der Waals surface area contributed by atoms with Crippen LogP contribution in [0.15, 0.2) is 22.8 Å². The molecule has 0 radical (unpaired) electrons. The summed E-state index contributed by atoms with van der Waals surface area (Å²) in [6, 6.07) is 2.81. The first-order valence-electron chi connectivity index (χ1n) is 4.98. The first kappa shape index (κ1) is 17.0. The van der Waals surface area contributed by atoms with Gasteiger partial charge in [0.1, 0.15) is 0 Å². The van der Waals surface area contributed by atoms with Gasteiger partial charge in [-0.25, -0.2) is 25.3 Å². The van der Waals surface area contributed by atoms with Crippen molar-refractivity contribution in [2.75, 3.05) is 18.8 Å². The van der Waals surface area contributed by atoms with Crippen LogP contribution in [0.1, 0.15) is 5.76 Å². The van der Waals surface area contributed by atoms with E-state index in [0.717, 1.165) is 0 Å². The summed E-state index contributed by atoms with van der Waals surface area (Å²) in [6.07, 6.45) is 2.95. The average Bonchev–Trinajstić information content (AvgIpc) is 2.63. The third kappa shape index (κ3) is 2.83. The van der Waals surface area contributed by atoms with E-state index in [1.165, 1.54) is 18.4 Å². The van der Waals surface area contributed by atoms with Crippen molar-refractivity contribution < 1.29 is 29.7 Å². The van der Waals surface area contributed by atoms with Gasteiger partial charge in [0, 0.05) is 18.8 Å². The molecule has 0 N–H and O–H groups in total. The van der Waals surface area contributed by atoms with Gasteiger partial charge in [-0.05, 0) is 18.1 Å². The molecule has 0 spiro atoms. The number of furan rings is 1. The second-order valence-electron chi connectivity index (χ2n) is 4.10.